The molecule has 0 aromatic carbocycles. The van der Waals surface area contributed by atoms with E-state index in [9.17, 15) is 46.0 Å². The number of aliphatic hydroxyl groups is 9. The lowest BCUT2D eigenvalue weighted by atomic mass is 9.47. The molecule has 0 radical (unpaired) electrons. The van der Waals surface area contributed by atoms with Crippen LogP contribution in [0.4, 0.5) is 0 Å². The molecule has 0 aromatic rings. The maximum atomic E-state index is 12.0. The van der Waals surface area contributed by atoms with Crippen molar-refractivity contribution >= 4 is 0 Å². The van der Waals surface area contributed by atoms with Crippen molar-refractivity contribution in [3.63, 3.8) is 0 Å². The van der Waals surface area contributed by atoms with Crippen LogP contribution < -0.4 is 0 Å². The second-order valence-electron chi connectivity index (χ2n) is 21.6. The van der Waals surface area contributed by atoms with Crippen LogP contribution >= 0.6 is 0 Å². The molecule has 27 atom stereocenters. The molecule has 372 valence electrons. The van der Waals surface area contributed by atoms with E-state index >= 15 is 0 Å². The fourth-order valence-electron chi connectivity index (χ4n) is 14.4. The fraction of sp³-hybridized carbons (Fsp3) is 0.957. The van der Waals surface area contributed by atoms with Crippen molar-refractivity contribution in [3.8, 4) is 0 Å². The van der Waals surface area contributed by atoms with Gasteiger partial charge in [-0.15, -0.1) is 0 Å². The molecular weight excluding hydrogens is 852 g/mol. The Morgan fingerprint density at radius 3 is 2.05 bits per heavy atom. The van der Waals surface area contributed by atoms with Crippen LogP contribution in [0.15, 0.2) is 11.6 Å². The molecule has 5 heterocycles. The molecule has 65 heavy (non-hydrogen) atoms. The summed E-state index contributed by atoms with van der Waals surface area (Å²) in [5.74, 6) is 1.92. The number of allylic oxidation sites excluding steroid dienone is 1. The van der Waals surface area contributed by atoms with Crippen molar-refractivity contribution in [3.05, 3.63) is 11.6 Å². The van der Waals surface area contributed by atoms with Gasteiger partial charge in [0.15, 0.2) is 30.9 Å². The Hall–Kier alpha value is -0.980. The molecule has 9 aliphatic rings. The Morgan fingerprint density at radius 1 is 0.662 bits per heavy atom. The Bertz CT molecular complexity index is 1690. The summed E-state index contributed by atoms with van der Waals surface area (Å²) < 4.78 is 56.4. The predicted octanol–water partition coefficient (Wildman–Crippen LogP) is 0.577. The molecule has 9 N–H and O–H groups in total. The van der Waals surface area contributed by atoms with Crippen molar-refractivity contribution < 1.29 is 88.6 Å². The average Bonchev–Trinajstić information content (AvgIpc) is 3.73. The summed E-state index contributed by atoms with van der Waals surface area (Å²) >= 11 is 0. The number of ether oxygens (including phenoxy) is 9. The molecule has 4 aliphatic carbocycles. The predicted molar refractivity (Wildman–Crippen MR) is 225 cm³/mol. The molecule has 3 saturated carbocycles. The largest absolute Gasteiger partial charge is 0.394 e. The van der Waals surface area contributed by atoms with E-state index in [4.69, 9.17) is 42.6 Å². The summed E-state index contributed by atoms with van der Waals surface area (Å²) in [6.07, 6.45) is -12.8. The van der Waals surface area contributed by atoms with Crippen LogP contribution in [0.5, 0.6) is 0 Å². The molecule has 5 aliphatic heterocycles. The van der Waals surface area contributed by atoms with Crippen LogP contribution in [0.3, 0.4) is 0 Å². The van der Waals surface area contributed by atoms with E-state index in [0.717, 1.165) is 44.9 Å². The van der Waals surface area contributed by atoms with Crippen LogP contribution in [0.1, 0.15) is 99.3 Å². The Morgan fingerprint density at radius 2 is 1.34 bits per heavy atom. The minimum Gasteiger partial charge on any atom is -0.394 e. The number of hydrogen-bond donors (Lipinski definition) is 9. The molecule has 0 amide bonds. The van der Waals surface area contributed by atoms with Gasteiger partial charge in [-0.2, -0.15) is 0 Å². The van der Waals surface area contributed by atoms with Crippen LogP contribution in [0.25, 0.3) is 0 Å². The molecule has 0 aromatic heterocycles. The van der Waals surface area contributed by atoms with Crippen molar-refractivity contribution in [1.29, 1.82) is 0 Å². The summed E-state index contributed by atoms with van der Waals surface area (Å²) in [4.78, 5) is 0. The number of hydrogen-bond acceptors (Lipinski definition) is 18. The van der Waals surface area contributed by atoms with Crippen LogP contribution in [-0.4, -0.2) is 182 Å². The Labute approximate surface area is 381 Å². The van der Waals surface area contributed by atoms with Gasteiger partial charge in [0, 0.05) is 24.9 Å². The highest BCUT2D eigenvalue weighted by Crippen LogP contribution is 2.71. The highest BCUT2D eigenvalue weighted by atomic mass is 16.8. The number of aliphatic hydroxyl groups excluding tert-OH is 9. The number of rotatable bonds is 10. The smallest absolute Gasteiger partial charge is 0.187 e. The third kappa shape index (κ3) is 8.21. The van der Waals surface area contributed by atoms with Gasteiger partial charge >= 0.3 is 0 Å². The molecule has 5 saturated heterocycles. The maximum absolute atomic E-state index is 12.0. The summed E-state index contributed by atoms with van der Waals surface area (Å²) in [6, 6.07) is 0. The molecule has 18 heteroatoms. The van der Waals surface area contributed by atoms with E-state index in [1.165, 1.54) is 12.5 Å². The average molecular weight is 929 g/mol. The van der Waals surface area contributed by atoms with Gasteiger partial charge in [0.25, 0.3) is 0 Å². The zero-order valence-corrected chi connectivity index (χ0v) is 38.6. The SMILES string of the molecule is CCO[C@@H]1O[C@]2(CC[C@H]1C)O[C@H]1C[C@H]3[C@@H]4CC=C5CC(O[C@@H]6O[C@H](CO)[C@@H](O[C@@H]7O[C@H](CO)[C@@H](O)[C@H](O)[C@H]7O)[C@H](O)[C@H]6O[C@@H]6O[C@@H](C)[C@H](O)[C@@H](O)[C@H]6O)CC[C@]5(C)[C@H]4CC[C@]3(C)[C@H]1[C@@H]2C. The summed E-state index contributed by atoms with van der Waals surface area (Å²) in [6.45, 7) is 12.2. The van der Waals surface area contributed by atoms with Crippen molar-refractivity contribution in [2.24, 2.45) is 46.3 Å². The first kappa shape index (κ1) is 49.0. The molecule has 1 unspecified atom stereocenters. The van der Waals surface area contributed by atoms with Gasteiger partial charge in [-0.25, -0.2) is 0 Å². The molecule has 8 fully saturated rings. The lowest BCUT2D eigenvalue weighted by Gasteiger charge is -2.59. The minimum atomic E-state index is -1.82. The molecule has 18 nitrogen and oxygen atoms in total. The van der Waals surface area contributed by atoms with E-state index in [-0.39, 0.29) is 29.1 Å². The third-order valence-electron chi connectivity index (χ3n) is 18.1. The second-order valence-corrected chi connectivity index (χ2v) is 21.6. The van der Waals surface area contributed by atoms with E-state index in [0.29, 0.717) is 49.0 Å². The standard InChI is InChI=1S/C47H76O18/c1-7-57-41-20(2)10-15-47(65-41)21(3)31-28(64-47)17-27-25-9-8-23-16-24(11-13-45(23,5)26(25)12-14-46(27,31)6)59-44-40(63-42-36(54)34(52)32(50)22(4)58-42)38(56)39(30(19-49)61-44)62-43-37(55)35(53)33(51)29(18-48)60-43/h8,20-22,24-44,48-56H,7,9-19H2,1-6H3/t20-,21+,22+,24?,25-,26+,27+,28+,29-,30-,31+,32+,33-,34-,35+,36-,37-,38+,39-,40-,41-,42+,43+,44-,45+,46+,47+/m1/s1. The number of fused-ring (bicyclic) bond motifs is 7. The summed E-state index contributed by atoms with van der Waals surface area (Å²) in [7, 11) is 0. The lowest BCUT2D eigenvalue weighted by molar-refractivity contribution is -0.389. The quantitative estimate of drug-likeness (QED) is 0.136. The first-order valence-electron chi connectivity index (χ1n) is 24.5. The molecular formula is C47H76O18. The highest BCUT2D eigenvalue weighted by molar-refractivity contribution is 5.26. The fourth-order valence-corrected chi connectivity index (χ4v) is 14.4. The lowest BCUT2D eigenvalue weighted by Crippen LogP contribution is -2.67. The van der Waals surface area contributed by atoms with E-state index in [1.54, 1.807) is 0 Å². The minimum absolute atomic E-state index is 0.0587. The topological polar surface area (TPSA) is 265 Å². The maximum Gasteiger partial charge on any atom is 0.187 e. The zero-order chi connectivity index (χ0) is 46.5. The van der Waals surface area contributed by atoms with Gasteiger partial charge in [0.2, 0.25) is 0 Å². The van der Waals surface area contributed by atoms with Gasteiger partial charge < -0.3 is 88.6 Å². The summed E-state index contributed by atoms with van der Waals surface area (Å²) in [5.41, 5.74) is 1.39. The van der Waals surface area contributed by atoms with Crippen LogP contribution in [0.2, 0.25) is 0 Å². The highest BCUT2D eigenvalue weighted by Gasteiger charge is 2.69. The normalized spacial score (nSPS) is 56.7. The Kier molecular flexibility index (Phi) is 14.1. The van der Waals surface area contributed by atoms with E-state index < -0.39 is 117 Å². The Balaban J connectivity index is 0.911. The van der Waals surface area contributed by atoms with Crippen LogP contribution in [0, 0.1) is 46.3 Å². The van der Waals surface area contributed by atoms with Crippen LogP contribution in [-0.2, 0) is 42.6 Å². The van der Waals surface area contributed by atoms with E-state index in [1.807, 2.05) is 6.92 Å². The van der Waals surface area contributed by atoms with Crippen molar-refractivity contribution in [2.75, 3.05) is 19.8 Å². The monoisotopic (exact) mass is 929 g/mol. The molecule has 1 spiro atoms. The van der Waals surface area contributed by atoms with Gasteiger partial charge in [-0.1, -0.05) is 39.3 Å². The van der Waals surface area contributed by atoms with E-state index in [2.05, 4.69) is 33.8 Å². The molecule has 0 bridgehead atoms. The second kappa shape index (κ2) is 18.6. The first-order valence-corrected chi connectivity index (χ1v) is 24.5. The van der Waals surface area contributed by atoms with Gasteiger partial charge in [-0.3, -0.25) is 0 Å². The summed E-state index contributed by atoms with van der Waals surface area (Å²) in [5, 5.41) is 95.9. The first-order chi connectivity index (χ1) is 30.9. The third-order valence-corrected chi connectivity index (χ3v) is 18.1. The van der Waals surface area contributed by atoms with Crippen molar-refractivity contribution in [1.82, 2.24) is 0 Å². The zero-order valence-electron chi connectivity index (χ0n) is 38.6. The van der Waals surface area contributed by atoms with Gasteiger partial charge in [0.1, 0.15) is 67.1 Å². The van der Waals surface area contributed by atoms with Crippen molar-refractivity contribution in [2.45, 2.75) is 216 Å². The van der Waals surface area contributed by atoms with Gasteiger partial charge in [0.05, 0.1) is 31.5 Å². The van der Waals surface area contributed by atoms with Gasteiger partial charge in [-0.05, 0) is 99.7 Å². The molecule has 9 rings (SSSR count).